The Bertz CT molecular complexity index is 222. The van der Waals surface area contributed by atoms with Gasteiger partial charge in [0.05, 0.1) is 11.2 Å². The van der Waals surface area contributed by atoms with Crippen molar-refractivity contribution in [2.75, 3.05) is 0 Å². The Labute approximate surface area is 86.0 Å². The topological polar surface area (TPSA) is 40.5 Å². The van der Waals surface area contributed by atoms with Crippen molar-refractivity contribution in [3.05, 3.63) is 24.3 Å². The zero-order valence-corrected chi connectivity index (χ0v) is 9.36. The zero-order chi connectivity index (χ0) is 11.0. The van der Waals surface area contributed by atoms with Crippen LogP contribution in [0.25, 0.3) is 0 Å². The van der Waals surface area contributed by atoms with E-state index in [0.29, 0.717) is 0 Å². The quantitative estimate of drug-likeness (QED) is 0.708. The normalized spacial score (nSPS) is 28.1. The molecule has 0 aliphatic heterocycles. The van der Waals surface area contributed by atoms with Crippen LogP contribution in [0.4, 0.5) is 0 Å². The molecule has 0 heterocycles. The fourth-order valence-corrected chi connectivity index (χ4v) is 1.96. The fourth-order valence-electron chi connectivity index (χ4n) is 1.96. The first-order chi connectivity index (χ1) is 6.23. The molecule has 2 heteroatoms. The van der Waals surface area contributed by atoms with Crippen LogP contribution in [0, 0.1) is 11.8 Å². The molecular weight excluding hydrogens is 176 g/mol. The maximum atomic E-state index is 9.98. The molecule has 0 radical (unpaired) electrons. The van der Waals surface area contributed by atoms with Crippen LogP contribution in [0.3, 0.4) is 0 Å². The highest BCUT2D eigenvalue weighted by Crippen LogP contribution is 2.36. The number of rotatable bonds is 2. The summed E-state index contributed by atoms with van der Waals surface area (Å²) in [6.45, 7) is 7.11. The van der Waals surface area contributed by atoms with Crippen molar-refractivity contribution in [2.45, 2.75) is 38.9 Å². The van der Waals surface area contributed by atoms with Gasteiger partial charge in [-0.25, -0.2) is 0 Å². The molecule has 0 fully saturated rings. The van der Waals surface area contributed by atoms with Gasteiger partial charge in [-0.3, -0.25) is 0 Å². The number of allylic oxidation sites excluding steroid dienone is 2. The molecule has 1 aliphatic carbocycles. The van der Waals surface area contributed by atoms with Gasteiger partial charge < -0.3 is 10.2 Å². The molecular formula is C12H20O2. The lowest BCUT2D eigenvalue weighted by atomic mass is 9.71. The first kappa shape index (κ1) is 11.5. The molecule has 14 heavy (non-hydrogen) atoms. The molecule has 1 aliphatic rings. The highest BCUT2D eigenvalue weighted by Gasteiger charge is 2.39. The molecule has 2 unspecified atom stereocenters. The van der Waals surface area contributed by atoms with E-state index in [1.165, 1.54) is 0 Å². The van der Waals surface area contributed by atoms with E-state index < -0.39 is 11.2 Å². The molecule has 2 nitrogen and oxygen atoms in total. The predicted molar refractivity (Wildman–Crippen MR) is 57.9 cm³/mol. The standard InChI is InChI=1S/C12H20O2/c1-11(2,13)9-7-5-6-8-10(9)12(3,4)14/h5-10,13-14H,1-4H3. The van der Waals surface area contributed by atoms with E-state index in [-0.39, 0.29) is 11.8 Å². The summed E-state index contributed by atoms with van der Waals surface area (Å²) in [5.41, 5.74) is -1.60. The summed E-state index contributed by atoms with van der Waals surface area (Å²) in [6, 6.07) is 0. The van der Waals surface area contributed by atoms with Crippen LogP contribution >= 0.6 is 0 Å². The van der Waals surface area contributed by atoms with Crippen LogP contribution < -0.4 is 0 Å². The Kier molecular flexibility index (Phi) is 2.88. The van der Waals surface area contributed by atoms with Gasteiger partial charge in [0.15, 0.2) is 0 Å². The lowest BCUT2D eigenvalue weighted by molar-refractivity contribution is -0.0461. The Morgan fingerprint density at radius 1 is 0.786 bits per heavy atom. The third kappa shape index (κ3) is 2.46. The molecule has 0 bridgehead atoms. The second-order valence-corrected chi connectivity index (χ2v) is 5.13. The van der Waals surface area contributed by atoms with E-state index in [1.54, 1.807) is 27.7 Å². The average molecular weight is 196 g/mol. The van der Waals surface area contributed by atoms with Crippen molar-refractivity contribution in [2.24, 2.45) is 11.8 Å². The van der Waals surface area contributed by atoms with Crippen LogP contribution in [0.2, 0.25) is 0 Å². The molecule has 80 valence electrons. The van der Waals surface area contributed by atoms with Crippen LogP contribution in [0.1, 0.15) is 27.7 Å². The Morgan fingerprint density at radius 2 is 1.07 bits per heavy atom. The second-order valence-electron chi connectivity index (χ2n) is 5.13. The maximum Gasteiger partial charge on any atom is 0.0660 e. The second kappa shape index (κ2) is 3.52. The van der Waals surface area contributed by atoms with Gasteiger partial charge in [-0.15, -0.1) is 0 Å². The monoisotopic (exact) mass is 196 g/mol. The average Bonchev–Trinajstić information content (AvgIpc) is 2.01. The lowest BCUT2D eigenvalue weighted by Gasteiger charge is -2.39. The predicted octanol–water partition coefficient (Wildman–Crippen LogP) is 1.89. The fraction of sp³-hybridized carbons (Fsp3) is 0.667. The summed E-state index contributed by atoms with van der Waals surface area (Å²) < 4.78 is 0. The molecule has 0 amide bonds. The summed E-state index contributed by atoms with van der Waals surface area (Å²) in [4.78, 5) is 0. The Morgan fingerprint density at radius 3 is 1.29 bits per heavy atom. The highest BCUT2D eigenvalue weighted by atomic mass is 16.3. The van der Waals surface area contributed by atoms with Crippen molar-refractivity contribution in [1.29, 1.82) is 0 Å². The van der Waals surface area contributed by atoms with Gasteiger partial charge in [-0.05, 0) is 27.7 Å². The van der Waals surface area contributed by atoms with Gasteiger partial charge in [0.1, 0.15) is 0 Å². The van der Waals surface area contributed by atoms with Crippen molar-refractivity contribution in [3.8, 4) is 0 Å². The largest absolute Gasteiger partial charge is 0.390 e. The van der Waals surface area contributed by atoms with E-state index in [4.69, 9.17) is 0 Å². The molecule has 0 saturated carbocycles. The zero-order valence-electron chi connectivity index (χ0n) is 9.36. The van der Waals surface area contributed by atoms with Gasteiger partial charge in [0, 0.05) is 11.8 Å². The minimum Gasteiger partial charge on any atom is -0.390 e. The Balaban J connectivity index is 2.94. The van der Waals surface area contributed by atoms with Crippen molar-refractivity contribution >= 4 is 0 Å². The van der Waals surface area contributed by atoms with Crippen LogP contribution in [0.15, 0.2) is 24.3 Å². The minimum atomic E-state index is -0.800. The molecule has 2 atom stereocenters. The van der Waals surface area contributed by atoms with E-state index in [9.17, 15) is 10.2 Å². The summed E-state index contributed by atoms with van der Waals surface area (Å²) in [7, 11) is 0. The van der Waals surface area contributed by atoms with Gasteiger partial charge >= 0.3 is 0 Å². The van der Waals surface area contributed by atoms with Crippen LogP contribution in [-0.2, 0) is 0 Å². The third-order valence-corrected chi connectivity index (χ3v) is 2.77. The van der Waals surface area contributed by atoms with E-state index in [2.05, 4.69) is 0 Å². The number of aliphatic hydroxyl groups is 2. The van der Waals surface area contributed by atoms with E-state index >= 15 is 0 Å². The summed E-state index contributed by atoms with van der Waals surface area (Å²) in [6.07, 6.45) is 7.76. The first-order valence-electron chi connectivity index (χ1n) is 5.02. The molecule has 2 N–H and O–H groups in total. The maximum absolute atomic E-state index is 9.98. The molecule has 0 aromatic heterocycles. The molecule has 0 aromatic rings. The van der Waals surface area contributed by atoms with E-state index in [1.807, 2.05) is 24.3 Å². The third-order valence-electron chi connectivity index (χ3n) is 2.77. The number of hydrogen-bond donors (Lipinski definition) is 2. The minimum absolute atomic E-state index is 0.0347. The van der Waals surface area contributed by atoms with Crippen molar-refractivity contribution in [3.63, 3.8) is 0 Å². The van der Waals surface area contributed by atoms with Gasteiger partial charge in [0.25, 0.3) is 0 Å². The SMILES string of the molecule is CC(C)(O)C1C=CC=CC1C(C)(C)O. The summed E-state index contributed by atoms with van der Waals surface area (Å²) >= 11 is 0. The van der Waals surface area contributed by atoms with Gasteiger partial charge in [-0.2, -0.15) is 0 Å². The molecule has 0 aromatic carbocycles. The summed E-state index contributed by atoms with van der Waals surface area (Å²) in [5, 5.41) is 20.0. The van der Waals surface area contributed by atoms with Crippen molar-refractivity contribution in [1.82, 2.24) is 0 Å². The first-order valence-corrected chi connectivity index (χ1v) is 5.02. The Hall–Kier alpha value is -0.600. The van der Waals surface area contributed by atoms with Gasteiger partial charge in [-0.1, -0.05) is 24.3 Å². The van der Waals surface area contributed by atoms with Crippen molar-refractivity contribution < 1.29 is 10.2 Å². The highest BCUT2D eigenvalue weighted by molar-refractivity contribution is 5.19. The summed E-state index contributed by atoms with van der Waals surface area (Å²) in [5.74, 6) is -0.0694. The molecule has 0 spiro atoms. The number of hydrogen-bond acceptors (Lipinski definition) is 2. The molecule has 1 rings (SSSR count). The van der Waals surface area contributed by atoms with Crippen LogP contribution in [0.5, 0.6) is 0 Å². The lowest BCUT2D eigenvalue weighted by Crippen LogP contribution is -2.44. The molecule has 0 saturated heterocycles. The van der Waals surface area contributed by atoms with E-state index in [0.717, 1.165) is 0 Å². The smallest absolute Gasteiger partial charge is 0.0660 e. The van der Waals surface area contributed by atoms with Crippen LogP contribution in [-0.4, -0.2) is 21.4 Å². The van der Waals surface area contributed by atoms with Gasteiger partial charge in [0.2, 0.25) is 0 Å².